The largest absolute Gasteiger partial charge is 0.354 e. The van der Waals surface area contributed by atoms with Crippen LogP contribution in [0.1, 0.15) is 24.5 Å². The molecule has 29 heavy (non-hydrogen) atoms. The summed E-state index contributed by atoms with van der Waals surface area (Å²) in [6.07, 6.45) is 5.49. The number of nitrogens with zero attached hydrogens (tertiary/aromatic N) is 3. The predicted octanol–water partition coefficient (Wildman–Crippen LogP) is 2.99. The lowest BCUT2D eigenvalue weighted by molar-refractivity contribution is -0.119. The Labute approximate surface area is 177 Å². The van der Waals surface area contributed by atoms with Gasteiger partial charge in [0.1, 0.15) is 5.82 Å². The van der Waals surface area contributed by atoms with E-state index in [1.807, 2.05) is 18.3 Å². The topological polar surface area (TPSA) is 48.5 Å². The van der Waals surface area contributed by atoms with E-state index in [2.05, 4.69) is 51.3 Å². The number of amides is 1. The van der Waals surface area contributed by atoms with Crippen molar-refractivity contribution in [2.75, 3.05) is 43.4 Å². The van der Waals surface area contributed by atoms with Crippen molar-refractivity contribution in [3.63, 3.8) is 0 Å². The van der Waals surface area contributed by atoms with Crippen LogP contribution in [0.5, 0.6) is 0 Å². The fourth-order valence-electron chi connectivity index (χ4n) is 4.24. The zero-order valence-electron chi connectivity index (χ0n) is 17.1. The van der Waals surface area contributed by atoms with E-state index in [0.29, 0.717) is 5.75 Å². The molecule has 4 rings (SSSR count). The highest BCUT2D eigenvalue weighted by atomic mass is 32.2. The smallest absolute Gasteiger partial charge is 0.230 e. The minimum atomic E-state index is 0.120. The summed E-state index contributed by atoms with van der Waals surface area (Å²) >= 11 is 1.64. The first-order chi connectivity index (χ1) is 14.2. The van der Waals surface area contributed by atoms with Crippen LogP contribution >= 0.6 is 11.8 Å². The number of carbonyl (C=O) groups is 1. The number of rotatable bonds is 7. The molecule has 1 fully saturated rings. The van der Waals surface area contributed by atoms with Gasteiger partial charge in [-0.1, -0.05) is 12.1 Å². The van der Waals surface area contributed by atoms with Gasteiger partial charge >= 0.3 is 0 Å². The molecule has 1 atom stereocenters. The molecule has 1 aliphatic heterocycles. The van der Waals surface area contributed by atoms with E-state index in [-0.39, 0.29) is 11.9 Å². The number of hydrogen-bond donors (Lipinski definition) is 1. The number of aryl methyl sites for hydroxylation is 2. The Bertz CT molecular complexity index is 821. The molecule has 0 saturated carbocycles. The molecule has 0 radical (unpaired) electrons. The maximum absolute atomic E-state index is 12.4. The van der Waals surface area contributed by atoms with E-state index in [1.165, 1.54) is 35.3 Å². The van der Waals surface area contributed by atoms with Gasteiger partial charge in [0.25, 0.3) is 0 Å². The van der Waals surface area contributed by atoms with Crippen LogP contribution in [0.25, 0.3) is 0 Å². The van der Waals surface area contributed by atoms with E-state index in [9.17, 15) is 4.79 Å². The Kier molecular flexibility index (Phi) is 6.72. The van der Waals surface area contributed by atoms with E-state index < -0.39 is 0 Å². The van der Waals surface area contributed by atoms with Gasteiger partial charge in [0, 0.05) is 49.9 Å². The monoisotopic (exact) mass is 410 g/mol. The third-order valence-corrected chi connectivity index (χ3v) is 6.72. The molecular formula is C23H30N4OS. The minimum Gasteiger partial charge on any atom is -0.354 e. The summed E-state index contributed by atoms with van der Waals surface area (Å²) in [5.74, 6) is 1.66. The van der Waals surface area contributed by atoms with E-state index >= 15 is 0 Å². The van der Waals surface area contributed by atoms with Crippen molar-refractivity contribution in [2.45, 2.75) is 37.1 Å². The van der Waals surface area contributed by atoms with Gasteiger partial charge in [-0.05, 0) is 61.6 Å². The normalized spacial score (nSPS) is 17.8. The molecule has 2 aliphatic rings. The van der Waals surface area contributed by atoms with Gasteiger partial charge in [-0.3, -0.25) is 9.69 Å². The van der Waals surface area contributed by atoms with E-state index in [0.717, 1.165) is 38.5 Å². The van der Waals surface area contributed by atoms with Gasteiger partial charge in [0.15, 0.2) is 0 Å². The van der Waals surface area contributed by atoms with E-state index in [4.69, 9.17) is 0 Å². The molecule has 2 heterocycles. The standard InChI is InChI=1S/C23H30N4OS/c1-18(16-26-11-13-27(14-12-26)22-7-2-3-10-24-22)25-23(28)17-29-21-9-8-19-5-4-6-20(19)15-21/h2-3,7-10,15,18H,4-6,11-14,16-17H2,1H3,(H,25,28). The Balaban J connectivity index is 1.17. The average Bonchev–Trinajstić information content (AvgIpc) is 3.21. The fourth-order valence-corrected chi connectivity index (χ4v) is 5.01. The van der Waals surface area contributed by atoms with Crippen LogP contribution < -0.4 is 10.2 Å². The van der Waals surface area contributed by atoms with Crippen LogP contribution in [0.15, 0.2) is 47.5 Å². The molecule has 5 nitrogen and oxygen atoms in total. The number of piperazine rings is 1. The molecule has 6 heteroatoms. The summed E-state index contributed by atoms with van der Waals surface area (Å²) in [5.41, 5.74) is 2.95. The summed E-state index contributed by atoms with van der Waals surface area (Å²) in [5, 5.41) is 3.17. The maximum Gasteiger partial charge on any atom is 0.230 e. The van der Waals surface area contributed by atoms with Crippen molar-refractivity contribution in [1.29, 1.82) is 0 Å². The van der Waals surface area contributed by atoms with Gasteiger partial charge in [0.2, 0.25) is 5.91 Å². The molecule has 1 saturated heterocycles. The second-order valence-electron chi connectivity index (χ2n) is 8.02. The Morgan fingerprint density at radius 1 is 1.14 bits per heavy atom. The van der Waals surface area contributed by atoms with Gasteiger partial charge in [-0.25, -0.2) is 4.98 Å². The average molecular weight is 411 g/mol. The molecule has 1 aromatic heterocycles. The van der Waals surface area contributed by atoms with Crippen molar-refractivity contribution in [1.82, 2.24) is 15.2 Å². The predicted molar refractivity (Wildman–Crippen MR) is 120 cm³/mol. The van der Waals surface area contributed by atoms with Crippen molar-refractivity contribution in [3.05, 3.63) is 53.7 Å². The molecule has 2 aromatic rings. The van der Waals surface area contributed by atoms with Crippen LogP contribution in [0.3, 0.4) is 0 Å². The summed E-state index contributed by atoms with van der Waals surface area (Å²) in [6, 6.07) is 12.9. The molecule has 154 valence electrons. The number of nitrogens with one attached hydrogen (secondary N) is 1. The summed E-state index contributed by atoms with van der Waals surface area (Å²) < 4.78 is 0. The number of carbonyl (C=O) groups excluding carboxylic acids is 1. The summed E-state index contributed by atoms with van der Waals surface area (Å²) in [4.78, 5) is 22.8. The van der Waals surface area contributed by atoms with Gasteiger partial charge < -0.3 is 10.2 Å². The first-order valence-electron chi connectivity index (χ1n) is 10.6. The van der Waals surface area contributed by atoms with Crippen LogP contribution in [-0.4, -0.2) is 60.3 Å². The third kappa shape index (κ3) is 5.52. The lowest BCUT2D eigenvalue weighted by atomic mass is 10.1. The second-order valence-corrected chi connectivity index (χ2v) is 9.07. The maximum atomic E-state index is 12.4. The SMILES string of the molecule is CC(CN1CCN(c2ccccn2)CC1)NC(=O)CSc1ccc2c(c1)CCC2. The zero-order valence-corrected chi connectivity index (χ0v) is 18.0. The van der Waals surface area contributed by atoms with Crippen molar-refractivity contribution in [3.8, 4) is 0 Å². The molecule has 1 aromatic carbocycles. The number of fused-ring (bicyclic) bond motifs is 1. The first-order valence-corrected chi connectivity index (χ1v) is 11.6. The van der Waals surface area contributed by atoms with Crippen molar-refractivity contribution < 1.29 is 4.79 Å². The second kappa shape index (κ2) is 9.63. The van der Waals surface area contributed by atoms with Crippen molar-refractivity contribution in [2.24, 2.45) is 0 Å². The molecule has 1 amide bonds. The van der Waals surface area contributed by atoms with Gasteiger partial charge in [0.05, 0.1) is 5.75 Å². The highest BCUT2D eigenvalue weighted by molar-refractivity contribution is 8.00. The molecular weight excluding hydrogens is 380 g/mol. The molecule has 0 bridgehead atoms. The van der Waals surface area contributed by atoms with Gasteiger partial charge in [-0.15, -0.1) is 11.8 Å². The lowest BCUT2D eigenvalue weighted by Gasteiger charge is -2.36. The molecule has 1 aliphatic carbocycles. The number of anilines is 1. The number of thioether (sulfide) groups is 1. The van der Waals surface area contributed by atoms with Crippen molar-refractivity contribution >= 4 is 23.5 Å². The Hall–Kier alpha value is -2.05. The van der Waals surface area contributed by atoms with Crippen LogP contribution in [0, 0.1) is 0 Å². The van der Waals surface area contributed by atoms with Gasteiger partial charge in [-0.2, -0.15) is 0 Å². The Morgan fingerprint density at radius 2 is 1.97 bits per heavy atom. The fraction of sp³-hybridized carbons (Fsp3) is 0.478. The third-order valence-electron chi connectivity index (χ3n) is 5.72. The minimum absolute atomic E-state index is 0.120. The zero-order chi connectivity index (χ0) is 20.1. The molecule has 0 spiro atoms. The molecule has 1 N–H and O–H groups in total. The number of benzene rings is 1. The summed E-state index contributed by atoms with van der Waals surface area (Å²) in [6.45, 7) is 6.95. The first kappa shape index (κ1) is 20.2. The number of hydrogen-bond acceptors (Lipinski definition) is 5. The number of pyridine rings is 1. The lowest BCUT2D eigenvalue weighted by Crippen LogP contribution is -2.51. The number of aromatic nitrogens is 1. The van der Waals surface area contributed by atoms with Crippen LogP contribution in [0.4, 0.5) is 5.82 Å². The van der Waals surface area contributed by atoms with Crippen LogP contribution in [-0.2, 0) is 17.6 Å². The quantitative estimate of drug-likeness (QED) is 0.711. The summed E-state index contributed by atoms with van der Waals surface area (Å²) in [7, 11) is 0. The van der Waals surface area contributed by atoms with Crippen LogP contribution in [0.2, 0.25) is 0 Å². The molecule has 1 unspecified atom stereocenters. The highest BCUT2D eigenvalue weighted by Crippen LogP contribution is 2.27. The van der Waals surface area contributed by atoms with E-state index in [1.54, 1.807) is 11.8 Å². The Morgan fingerprint density at radius 3 is 2.76 bits per heavy atom. The highest BCUT2D eigenvalue weighted by Gasteiger charge is 2.20.